The average molecular weight is 380 g/mol. The fourth-order valence-electron chi connectivity index (χ4n) is 3.90. The molecule has 0 bridgehead atoms. The van der Waals surface area contributed by atoms with Crippen LogP contribution in [0.4, 0.5) is 8.78 Å². The van der Waals surface area contributed by atoms with E-state index in [4.69, 9.17) is 4.42 Å². The Hall–Kier alpha value is -1.73. The lowest BCUT2D eigenvalue weighted by atomic mass is 10.1. The third-order valence-electron chi connectivity index (χ3n) is 5.18. The number of amides is 1. The predicted molar refractivity (Wildman–Crippen MR) is 95.5 cm³/mol. The number of halogens is 2. The number of likely N-dealkylation sites (tertiary alicyclic amines) is 2. The summed E-state index contributed by atoms with van der Waals surface area (Å²) in [6.45, 7) is 1.78. The van der Waals surface area contributed by atoms with Crippen LogP contribution in [0.5, 0.6) is 0 Å². The predicted octanol–water partition coefficient (Wildman–Crippen LogP) is 4.55. The van der Waals surface area contributed by atoms with Crippen molar-refractivity contribution < 1.29 is 18.0 Å². The van der Waals surface area contributed by atoms with E-state index in [1.165, 1.54) is 16.2 Å². The Bertz CT molecular complexity index is 759. The molecule has 2 aliphatic heterocycles. The maximum atomic E-state index is 13.6. The van der Waals surface area contributed by atoms with Crippen LogP contribution in [0.2, 0.25) is 0 Å². The first-order valence-corrected chi connectivity index (χ1v) is 9.85. The summed E-state index contributed by atoms with van der Waals surface area (Å²) in [5, 5.41) is 0. The van der Waals surface area contributed by atoms with Crippen molar-refractivity contribution in [3.63, 3.8) is 0 Å². The molecule has 1 amide bonds. The summed E-state index contributed by atoms with van der Waals surface area (Å²) < 4.78 is 32.4. The molecule has 26 heavy (non-hydrogen) atoms. The number of thiophene rings is 1. The van der Waals surface area contributed by atoms with E-state index in [0.29, 0.717) is 17.8 Å². The number of piperidine rings is 1. The molecule has 2 fully saturated rings. The summed E-state index contributed by atoms with van der Waals surface area (Å²) in [7, 11) is 0. The second-order valence-electron chi connectivity index (χ2n) is 7.15. The Balaban J connectivity index is 1.46. The molecular formula is C19H22F2N2O2S. The lowest BCUT2D eigenvalue weighted by molar-refractivity contribution is -0.0559. The van der Waals surface area contributed by atoms with E-state index in [1.54, 1.807) is 18.6 Å². The van der Waals surface area contributed by atoms with Crippen molar-refractivity contribution in [2.24, 2.45) is 0 Å². The summed E-state index contributed by atoms with van der Waals surface area (Å²) in [5.41, 5.74) is 1.14. The highest BCUT2D eigenvalue weighted by Gasteiger charge is 2.38. The van der Waals surface area contributed by atoms with E-state index in [-0.39, 0.29) is 18.4 Å². The van der Waals surface area contributed by atoms with Crippen LogP contribution in [-0.4, -0.2) is 41.3 Å². The maximum absolute atomic E-state index is 13.6. The zero-order valence-corrected chi connectivity index (χ0v) is 15.3. The van der Waals surface area contributed by atoms with Crippen molar-refractivity contribution >= 4 is 17.2 Å². The van der Waals surface area contributed by atoms with Gasteiger partial charge in [-0.05, 0) is 44.0 Å². The highest BCUT2D eigenvalue weighted by molar-refractivity contribution is 7.14. The molecule has 2 saturated heterocycles. The normalized spacial score (nSPS) is 23.5. The molecule has 0 saturated carbocycles. The fraction of sp³-hybridized carbons (Fsp3) is 0.526. The minimum absolute atomic E-state index is 0.127. The lowest BCUT2D eigenvalue weighted by Gasteiger charge is -2.32. The topological polar surface area (TPSA) is 36.7 Å². The Morgan fingerprint density at radius 2 is 2.15 bits per heavy atom. The Morgan fingerprint density at radius 1 is 1.27 bits per heavy atom. The van der Waals surface area contributed by atoms with Crippen LogP contribution in [0.1, 0.15) is 51.8 Å². The minimum Gasteiger partial charge on any atom is -0.472 e. The van der Waals surface area contributed by atoms with Gasteiger partial charge >= 0.3 is 0 Å². The monoisotopic (exact) mass is 380 g/mol. The van der Waals surface area contributed by atoms with Gasteiger partial charge < -0.3 is 9.32 Å². The number of carbonyl (C=O) groups is 1. The van der Waals surface area contributed by atoms with E-state index in [1.807, 2.05) is 12.1 Å². The van der Waals surface area contributed by atoms with Gasteiger partial charge in [0.25, 0.3) is 11.8 Å². The van der Waals surface area contributed by atoms with E-state index >= 15 is 0 Å². The molecule has 2 aromatic rings. The third-order valence-corrected chi connectivity index (χ3v) is 6.35. The van der Waals surface area contributed by atoms with Crippen LogP contribution in [0, 0.1) is 0 Å². The second kappa shape index (κ2) is 7.12. The molecule has 4 nitrogen and oxygen atoms in total. The van der Waals surface area contributed by atoms with E-state index in [2.05, 4.69) is 4.90 Å². The SMILES string of the molecule is O=C(c1ccc(C2CCCN2Cc2ccoc2)s1)N1CCCC(F)(F)C1. The molecule has 7 heteroatoms. The lowest BCUT2D eigenvalue weighted by Crippen LogP contribution is -2.45. The Morgan fingerprint density at radius 3 is 2.92 bits per heavy atom. The molecule has 1 unspecified atom stereocenters. The quantitative estimate of drug-likeness (QED) is 0.781. The molecule has 0 spiro atoms. The van der Waals surface area contributed by atoms with Crippen molar-refractivity contribution in [1.29, 1.82) is 0 Å². The first-order valence-electron chi connectivity index (χ1n) is 9.04. The van der Waals surface area contributed by atoms with Crippen LogP contribution in [0.3, 0.4) is 0 Å². The molecule has 2 aromatic heterocycles. The summed E-state index contributed by atoms with van der Waals surface area (Å²) in [4.78, 5) is 18.0. The van der Waals surface area contributed by atoms with Crippen molar-refractivity contribution in [1.82, 2.24) is 9.80 Å². The van der Waals surface area contributed by atoms with Gasteiger partial charge in [0.2, 0.25) is 0 Å². The summed E-state index contributed by atoms with van der Waals surface area (Å²) >= 11 is 1.45. The van der Waals surface area contributed by atoms with E-state index in [9.17, 15) is 13.6 Å². The number of carbonyl (C=O) groups excluding carboxylic acids is 1. The van der Waals surface area contributed by atoms with Crippen LogP contribution in [0.25, 0.3) is 0 Å². The molecule has 0 N–H and O–H groups in total. The molecule has 4 heterocycles. The zero-order valence-electron chi connectivity index (χ0n) is 14.5. The summed E-state index contributed by atoms with van der Waals surface area (Å²) in [6, 6.07) is 6.02. The van der Waals surface area contributed by atoms with Gasteiger partial charge in [-0.1, -0.05) is 0 Å². The maximum Gasteiger partial charge on any atom is 0.265 e. The first-order chi connectivity index (χ1) is 12.5. The standard InChI is InChI=1S/C19H22F2N2O2S/c20-19(21)7-2-9-23(13-19)18(24)17-5-4-16(26-17)15-3-1-8-22(15)11-14-6-10-25-12-14/h4-6,10,12,15H,1-3,7-9,11,13H2. The van der Waals surface area contributed by atoms with Gasteiger partial charge in [0, 0.05) is 36.0 Å². The first kappa shape index (κ1) is 17.7. The number of nitrogens with zero attached hydrogens (tertiary/aromatic N) is 2. The van der Waals surface area contributed by atoms with Crippen LogP contribution in [-0.2, 0) is 6.54 Å². The molecule has 2 aliphatic rings. The number of hydrogen-bond acceptors (Lipinski definition) is 4. The van der Waals surface area contributed by atoms with E-state index < -0.39 is 12.5 Å². The minimum atomic E-state index is -2.76. The highest BCUT2D eigenvalue weighted by atomic mass is 32.1. The molecule has 140 valence electrons. The summed E-state index contributed by atoms with van der Waals surface area (Å²) in [6.07, 6.45) is 5.83. The van der Waals surface area contributed by atoms with Gasteiger partial charge in [-0.25, -0.2) is 8.78 Å². The summed E-state index contributed by atoms with van der Waals surface area (Å²) in [5.74, 6) is -3.03. The van der Waals surface area contributed by atoms with Crippen LogP contribution >= 0.6 is 11.3 Å². The van der Waals surface area contributed by atoms with Gasteiger partial charge in [0.15, 0.2) is 0 Å². The molecule has 4 rings (SSSR count). The molecule has 0 aromatic carbocycles. The number of furan rings is 1. The molecular weight excluding hydrogens is 358 g/mol. The van der Waals surface area contributed by atoms with Gasteiger partial charge in [-0.3, -0.25) is 9.69 Å². The van der Waals surface area contributed by atoms with Gasteiger partial charge in [0.1, 0.15) is 0 Å². The largest absolute Gasteiger partial charge is 0.472 e. The fourth-order valence-corrected chi connectivity index (χ4v) is 5.04. The molecule has 0 aliphatic carbocycles. The Kier molecular flexibility index (Phi) is 4.84. The van der Waals surface area contributed by atoms with Gasteiger partial charge in [-0.15, -0.1) is 11.3 Å². The van der Waals surface area contributed by atoms with Crippen molar-refractivity contribution in [3.05, 3.63) is 46.0 Å². The van der Waals surface area contributed by atoms with Crippen molar-refractivity contribution in [2.75, 3.05) is 19.6 Å². The zero-order chi connectivity index (χ0) is 18.1. The van der Waals surface area contributed by atoms with Crippen LogP contribution in [0.15, 0.2) is 35.1 Å². The average Bonchev–Trinajstić information content (AvgIpc) is 3.35. The third kappa shape index (κ3) is 3.69. The Labute approximate surface area is 155 Å². The van der Waals surface area contributed by atoms with Gasteiger partial charge in [-0.2, -0.15) is 0 Å². The van der Waals surface area contributed by atoms with Crippen molar-refractivity contribution in [3.8, 4) is 0 Å². The second-order valence-corrected chi connectivity index (χ2v) is 8.26. The van der Waals surface area contributed by atoms with E-state index in [0.717, 1.165) is 36.4 Å². The smallest absolute Gasteiger partial charge is 0.265 e. The highest BCUT2D eigenvalue weighted by Crippen LogP contribution is 2.37. The number of hydrogen-bond donors (Lipinski definition) is 0. The molecule has 0 radical (unpaired) electrons. The molecule has 1 atom stereocenters. The number of alkyl halides is 2. The number of rotatable bonds is 4. The van der Waals surface area contributed by atoms with Crippen LogP contribution < -0.4 is 0 Å². The van der Waals surface area contributed by atoms with Crippen molar-refractivity contribution in [2.45, 2.75) is 44.2 Å². The van der Waals surface area contributed by atoms with Gasteiger partial charge in [0.05, 0.1) is 23.9 Å².